The highest BCUT2D eigenvalue weighted by molar-refractivity contribution is 7.92. The van der Waals surface area contributed by atoms with Crippen LogP contribution in [0.3, 0.4) is 0 Å². The Morgan fingerprint density at radius 3 is 2.45 bits per heavy atom. The van der Waals surface area contributed by atoms with Gasteiger partial charge in [-0.25, -0.2) is 23.1 Å². The third-order valence-electron chi connectivity index (χ3n) is 8.44. The van der Waals surface area contributed by atoms with Crippen molar-refractivity contribution in [3.8, 4) is 17.1 Å². The number of aromatic nitrogens is 5. The SMILES string of the molecule is Cc1cccc(C)c1-c1cc2nc(n1)NS(=O)(=O)c1cccc(c1)C(=O)N(Cc1cnc3ccn(CC(C)C)c3n1)[C@H](CC(C)(C)C)CO2. The zero-order valence-electron chi connectivity index (χ0n) is 29.1. The van der Waals surface area contributed by atoms with Crippen molar-refractivity contribution in [2.24, 2.45) is 11.3 Å². The van der Waals surface area contributed by atoms with Gasteiger partial charge in [-0.05, 0) is 67.0 Å². The van der Waals surface area contributed by atoms with Crippen LogP contribution in [0.1, 0.15) is 68.2 Å². The van der Waals surface area contributed by atoms with Gasteiger partial charge in [0.2, 0.25) is 11.8 Å². The van der Waals surface area contributed by atoms with E-state index in [1.165, 1.54) is 12.1 Å². The summed E-state index contributed by atoms with van der Waals surface area (Å²) in [7, 11) is -4.18. The topological polar surface area (TPSA) is 132 Å². The lowest BCUT2D eigenvalue weighted by molar-refractivity contribution is 0.0509. The van der Waals surface area contributed by atoms with Gasteiger partial charge in [0.05, 0.1) is 35.1 Å². The highest BCUT2D eigenvalue weighted by atomic mass is 32.2. The van der Waals surface area contributed by atoms with Crippen LogP contribution in [0.25, 0.3) is 22.4 Å². The largest absolute Gasteiger partial charge is 0.475 e. The Morgan fingerprint density at radius 2 is 1.73 bits per heavy atom. The summed E-state index contributed by atoms with van der Waals surface area (Å²) < 4.78 is 38.4. The number of nitrogens with one attached hydrogen (secondary N) is 1. The molecule has 0 fully saturated rings. The van der Waals surface area contributed by atoms with Crippen molar-refractivity contribution < 1.29 is 17.9 Å². The molecule has 256 valence electrons. The van der Waals surface area contributed by atoms with Crippen LogP contribution in [0.15, 0.2) is 71.9 Å². The lowest BCUT2D eigenvalue weighted by Gasteiger charge is -2.35. The average Bonchev–Trinajstić information content (AvgIpc) is 3.41. The molecule has 11 nitrogen and oxygen atoms in total. The van der Waals surface area contributed by atoms with E-state index in [1.54, 1.807) is 29.3 Å². The van der Waals surface area contributed by atoms with E-state index in [1.807, 2.05) is 44.3 Å². The second-order valence-corrected chi connectivity index (χ2v) is 16.1. The third-order valence-corrected chi connectivity index (χ3v) is 9.77. The molecule has 6 rings (SSSR count). The third kappa shape index (κ3) is 7.59. The molecule has 0 saturated heterocycles. The molecule has 1 N–H and O–H groups in total. The monoisotopic (exact) mass is 681 g/mol. The number of hydrogen-bond donors (Lipinski definition) is 1. The highest BCUT2D eigenvalue weighted by Crippen LogP contribution is 2.32. The Balaban J connectivity index is 1.49. The first-order chi connectivity index (χ1) is 23.2. The fourth-order valence-corrected chi connectivity index (χ4v) is 7.31. The standard InChI is InChI=1S/C37H43N7O4S/c1-23(2)20-43-15-14-30-34(43)39-27(19-38-30)21-44-28(18-37(5,6)7)22-48-32-17-31(33-24(3)10-8-11-25(33)4)40-36(41-32)42-49(46,47)29-13-9-12-26(16-29)35(44)45/h8-17,19,23,28H,18,20-22H2,1-7H3,(H,40,41,42)/t28-/m1/s1. The van der Waals surface area contributed by atoms with E-state index in [4.69, 9.17) is 9.72 Å². The summed E-state index contributed by atoms with van der Waals surface area (Å²) in [5.74, 6) is 0.131. The number of carbonyl (C=O) groups excluding carboxylic acids is 1. The van der Waals surface area contributed by atoms with Crippen LogP contribution in [0.4, 0.5) is 5.95 Å². The molecule has 1 aliphatic heterocycles. The molecule has 3 aromatic heterocycles. The van der Waals surface area contributed by atoms with Crippen molar-refractivity contribution in [2.75, 3.05) is 11.3 Å². The predicted octanol–water partition coefficient (Wildman–Crippen LogP) is 6.80. The number of rotatable bonds is 6. The van der Waals surface area contributed by atoms with Gasteiger partial charge in [0, 0.05) is 29.9 Å². The van der Waals surface area contributed by atoms with Gasteiger partial charge in [-0.1, -0.05) is 58.9 Å². The van der Waals surface area contributed by atoms with E-state index >= 15 is 0 Å². The number of carbonyl (C=O) groups is 1. The molecule has 1 amide bonds. The minimum atomic E-state index is -4.18. The zero-order chi connectivity index (χ0) is 35.1. The molecule has 4 bridgehead atoms. The maximum absolute atomic E-state index is 14.5. The molecule has 1 aliphatic rings. The number of hydrogen-bond acceptors (Lipinski definition) is 8. The molecule has 0 saturated carbocycles. The van der Waals surface area contributed by atoms with Gasteiger partial charge in [0.25, 0.3) is 15.9 Å². The lowest BCUT2D eigenvalue weighted by Crippen LogP contribution is -2.45. The normalized spacial score (nSPS) is 16.4. The van der Waals surface area contributed by atoms with E-state index in [2.05, 4.69) is 58.9 Å². The van der Waals surface area contributed by atoms with Gasteiger partial charge >= 0.3 is 0 Å². The van der Waals surface area contributed by atoms with Crippen molar-refractivity contribution in [2.45, 2.75) is 78.9 Å². The lowest BCUT2D eigenvalue weighted by atomic mass is 9.87. The van der Waals surface area contributed by atoms with Crippen LogP contribution in [0.5, 0.6) is 5.88 Å². The zero-order valence-corrected chi connectivity index (χ0v) is 29.9. The number of sulfonamides is 1. The average molecular weight is 682 g/mol. The molecular weight excluding hydrogens is 639 g/mol. The molecule has 0 aliphatic carbocycles. The van der Waals surface area contributed by atoms with Gasteiger partial charge < -0.3 is 14.2 Å². The molecule has 0 unspecified atom stereocenters. The summed E-state index contributed by atoms with van der Waals surface area (Å²) in [5, 5.41) is 0. The molecule has 0 spiro atoms. The van der Waals surface area contributed by atoms with E-state index in [0.29, 0.717) is 23.7 Å². The summed E-state index contributed by atoms with van der Waals surface area (Å²) in [5.41, 5.74) is 5.50. The number of amides is 1. The van der Waals surface area contributed by atoms with Crippen molar-refractivity contribution in [1.82, 2.24) is 29.4 Å². The molecule has 12 heteroatoms. The number of fused-ring (bicyclic) bond motifs is 5. The minimum Gasteiger partial charge on any atom is -0.475 e. The van der Waals surface area contributed by atoms with Gasteiger partial charge in [-0.2, -0.15) is 4.98 Å². The molecule has 49 heavy (non-hydrogen) atoms. The second kappa shape index (κ2) is 13.2. The first kappa shape index (κ1) is 34.0. The van der Waals surface area contributed by atoms with Crippen LogP contribution in [0.2, 0.25) is 0 Å². The fourth-order valence-electron chi connectivity index (χ4n) is 6.32. The predicted molar refractivity (Wildman–Crippen MR) is 190 cm³/mol. The fraction of sp³-hybridized carbons (Fsp3) is 0.378. The maximum atomic E-state index is 14.5. The van der Waals surface area contributed by atoms with Gasteiger partial charge in [0.15, 0.2) is 5.65 Å². The Morgan fingerprint density at radius 1 is 1.00 bits per heavy atom. The highest BCUT2D eigenvalue weighted by Gasteiger charge is 2.32. The quantitative estimate of drug-likeness (QED) is 0.207. The van der Waals surface area contributed by atoms with Crippen LogP contribution in [-0.4, -0.2) is 56.4 Å². The number of anilines is 1. The van der Waals surface area contributed by atoms with Gasteiger partial charge in [-0.3, -0.25) is 9.78 Å². The summed E-state index contributed by atoms with van der Waals surface area (Å²) in [4.78, 5) is 34.9. The van der Waals surface area contributed by atoms with Crippen LogP contribution >= 0.6 is 0 Å². The summed E-state index contributed by atoms with van der Waals surface area (Å²) >= 11 is 0. The summed E-state index contributed by atoms with van der Waals surface area (Å²) in [6, 6.07) is 15.2. The van der Waals surface area contributed by atoms with E-state index in [0.717, 1.165) is 34.4 Å². The van der Waals surface area contributed by atoms with Crippen molar-refractivity contribution in [3.63, 3.8) is 0 Å². The van der Waals surface area contributed by atoms with Crippen LogP contribution in [-0.2, 0) is 23.1 Å². The van der Waals surface area contributed by atoms with Gasteiger partial charge in [-0.15, -0.1) is 0 Å². The minimum absolute atomic E-state index is 0.0822. The second-order valence-electron chi connectivity index (χ2n) is 14.4. The van der Waals surface area contributed by atoms with Crippen molar-refractivity contribution in [1.29, 1.82) is 0 Å². The van der Waals surface area contributed by atoms with Crippen molar-refractivity contribution in [3.05, 3.63) is 89.4 Å². The van der Waals surface area contributed by atoms with Crippen LogP contribution in [0, 0.1) is 25.2 Å². The molecule has 2 aromatic carbocycles. The molecule has 4 heterocycles. The van der Waals surface area contributed by atoms with Crippen molar-refractivity contribution >= 4 is 33.0 Å². The molecule has 0 radical (unpaired) electrons. The maximum Gasteiger partial charge on any atom is 0.264 e. The van der Waals surface area contributed by atoms with Gasteiger partial charge in [0.1, 0.15) is 12.1 Å². The first-order valence-electron chi connectivity index (χ1n) is 16.5. The molecule has 1 atom stereocenters. The summed E-state index contributed by atoms with van der Waals surface area (Å²) in [6.45, 7) is 15.6. The van der Waals surface area contributed by atoms with Crippen LogP contribution < -0.4 is 9.46 Å². The first-order valence-corrected chi connectivity index (χ1v) is 18.0. The Hall–Kier alpha value is -4.84. The number of nitrogens with zero attached hydrogens (tertiary/aromatic N) is 6. The summed E-state index contributed by atoms with van der Waals surface area (Å²) in [6.07, 6.45) is 4.26. The number of ether oxygens (including phenoxy) is 1. The number of benzene rings is 2. The molecule has 5 aromatic rings. The van der Waals surface area contributed by atoms with E-state index in [9.17, 15) is 13.2 Å². The Kier molecular flexibility index (Phi) is 9.19. The smallest absolute Gasteiger partial charge is 0.264 e. The molecular formula is C37H43N7O4S. The Bertz CT molecular complexity index is 2120. The number of aryl methyl sites for hydroxylation is 2. The van der Waals surface area contributed by atoms with E-state index < -0.39 is 16.1 Å². The van der Waals surface area contributed by atoms with E-state index in [-0.39, 0.29) is 46.8 Å². The Labute approximate surface area is 287 Å².